The van der Waals surface area contributed by atoms with Crippen LogP contribution >= 0.6 is 0 Å². The van der Waals surface area contributed by atoms with Gasteiger partial charge in [-0.1, -0.05) is 32.8 Å². The van der Waals surface area contributed by atoms with Gasteiger partial charge in [0.15, 0.2) is 0 Å². The highest BCUT2D eigenvalue weighted by molar-refractivity contribution is 5.80. The van der Waals surface area contributed by atoms with Crippen LogP contribution in [0.3, 0.4) is 0 Å². The van der Waals surface area contributed by atoms with Crippen LogP contribution < -0.4 is 27.0 Å². The Bertz CT molecular complexity index is 821. The summed E-state index contributed by atoms with van der Waals surface area (Å²) in [5.74, 6) is -0.713. The number of carbonyl (C=O) groups excluding carboxylic acids is 1. The summed E-state index contributed by atoms with van der Waals surface area (Å²) < 4.78 is 35.8. The number of hydrogen-bond donors (Lipinski definition) is 5. The molecule has 0 bridgehead atoms. The predicted octanol–water partition coefficient (Wildman–Crippen LogP) is 0.718. The largest absolute Gasteiger partial charge is 0.378 e. The molecule has 0 saturated carbocycles. The Labute approximate surface area is 233 Å². The molecule has 3 saturated heterocycles. The van der Waals surface area contributed by atoms with Crippen LogP contribution in [0.1, 0.15) is 46.5 Å². The third-order valence-corrected chi connectivity index (χ3v) is 9.04. The molecule has 224 valence electrons. The molecular weight excluding hydrogens is 504 g/mol. The number of morpholine rings is 1. The first-order valence-electron chi connectivity index (χ1n) is 15.1. The lowest BCUT2D eigenvalue weighted by Gasteiger charge is -2.50. The summed E-state index contributed by atoms with van der Waals surface area (Å²) in [4.78, 5) is 18.5. The Kier molecular flexibility index (Phi) is 11.4. The molecule has 8 unspecified atom stereocenters. The van der Waals surface area contributed by atoms with E-state index in [9.17, 15) is 9.18 Å². The van der Waals surface area contributed by atoms with Gasteiger partial charge in [-0.05, 0) is 25.7 Å². The maximum absolute atomic E-state index is 15.5. The molecule has 9 atom stereocenters. The van der Waals surface area contributed by atoms with E-state index in [2.05, 4.69) is 44.9 Å². The number of unbranched alkanes of at least 4 members (excludes halogenated alkanes) is 1. The Morgan fingerprint density at radius 2 is 2.03 bits per heavy atom. The molecule has 4 aliphatic heterocycles. The first kappa shape index (κ1) is 30.6. The number of nitrogens with one attached hydrogen (secondary N) is 4. The highest BCUT2D eigenvalue weighted by Gasteiger charge is 2.43. The molecule has 1 amide bonds. The number of alkyl halides is 2. The van der Waals surface area contributed by atoms with Gasteiger partial charge in [0.1, 0.15) is 12.3 Å². The third-order valence-electron chi connectivity index (χ3n) is 9.04. The minimum atomic E-state index is -1.10. The number of piperazine rings is 1. The minimum absolute atomic E-state index is 0.151. The molecule has 4 rings (SSSR count). The highest BCUT2D eigenvalue weighted by atomic mass is 19.1. The van der Waals surface area contributed by atoms with E-state index in [4.69, 9.17) is 10.5 Å². The van der Waals surface area contributed by atoms with Crippen molar-refractivity contribution in [2.45, 2.75) is 89.1 Å². The quantitative estimate of drug-likeness (QED) is 0.313. The average molecular weight is 556 g/mol. The average Bonchev–Trinajstić information content (AvgIpc) is 2.92. The second kappa shape index (κ2) is 14.5. The van der Waals surface area contributed by atoms with E-state index in [1.807, 2.05) is 13.0 Å². The van der Waals surface area contributed by atoms with Crippen molar-refractivity contribution in [3.05, 3.63) is 11.8 Å². The minimum Gasteiger partial charge on any atom is -0.378 e. The SMILES string of the molecule is CCCCC(C)/C1=C/CC(F)CNC(C)C(C(=O)NC2CNCC(F)C2N2CCN3CCOC[C@@H]3C2)C(N)N1. The number of nitrogens with zero attached hydrogens (tertiary/aromatic N) is 2. The second-order valence-corrected chi connectivity index (χ2v) is 12.0. The number of piperidine rings is 1. The molecule has 0 aromatic carbocycles. The maximum atomic E-state index is 15.5. The number of fused-ring (bicyclic) bond motifs is 1. The van der Waals surface area contributed by atoms with Crippen LogP contribution in [-0.4, -0.2) is 117 Å². The van der Waals surface area contributed by atoms with Crippen LogP contribution in [0.4, 0.5) is 8.78 Å². The zero-order valence-electron chi connectivity index (χ0n) is 24.0. The first-order valence-corrected chi connectivity index (χ1v) is 15.1. The summed E-state index contributed by atoms with van der Waals surface area (Å²) in [6, 6.07) is -0.944. The molecule has 6 N–H and O–H groups in total. The molecule has 0 aromatic heterocycles. The number of rotatable bonds is 7. The number of allylic oxidation sites excluding steroid dienone is 2. The number of carbonyl (C=O) groups is 1. The van der Waals surface area contributed by atoms with Crippen molar-refractivity contribution in [2.24, 2.45) is 17.6 Å². The van der Waals surface area contributed by atoms with E-state index in [0.717, 1.165) is 57.7 Å². The predicted molar refractivity (Wildman–Crippen MR) is 150 cm³/mol. The molecule has 39 heavy (non-hydrogen) atoms. The van der Waals surface area contributed by atoms with E-state index in [1.54, 1.807) is 0 Å². The second-order valence-electron chi connectivity index (χ2n) is 12.0. The number of halogens is 2. The van der Waals surface area contributed by atoms with E-state index in [1.165, 1.54) is 0 Å². The molecule has 4 aliphatic rings. The molecule has 11 heteroatoms. The lowest BCUT2D eigenvalue weighted by atomic mass is 9.91. The number of amides is 1. The number of ether oxygens (including phenoxy) is 1. The van der Waals surface area contributed by atoms with Gasteiger partial charge in [0, 0.05) is 63.6 Å². The van der Waals surface area contributed by atoms with Crippen molar-refractivity contribution < 1.29 is 18.3 Å². The van der Waals surface area contributed by atoms with Gasteiger partial charge in [0.25, 0.3) is 0 Å². The first-order chi connectivity index (χ1) is 18.8. The fourth-order valence-corrected chi connectivity index (χ4v) is 6.64. The van der Waals surface area contributed by atoms with Crippen LogP contribution in [0.5, 0.6) is 0 Å². The maximum Gasteiger partial charge on any atom is 0.228 e. The van der Waals surface area contributed by atoms with Gasteiger partial charge >= 0.3 is 0 Å². The molecule has 0 aromatic rings. The lowest BCUT2D eigenvalue weighted by Crippen LogP contribution is -2.70. The van der Waals surface area contributed by atoms with Crippen LogP contribution in [-0.2, 0) is 9.53 Å². The van der Waals surface area contributed by atoms with Crippen LogP contribution in [0.2, 0.25) is 0 Å². The van der Waals surface area contributed by atoms with Crippen molar-refractivity contribution in [1.29, 1.82) is 0 Å². The van der Waals surface area contributed by atoms with Gasteiger partial charge in [0.05, 0.1) is 37.4 Å². The van der Waals surface area contributed by atoms with Gasteiger partial charge in [0.2, 0.25) is 5.91 Å². The van der Waals surface area contributed by atoms with Crippen LogP contribution in [0.25, 0.3) is 0 Å². The Morgan fingerprint density at radius 3 is 2.82 bits per heavy atom. The molecule has 3 fully saturated rings. The summed E-state index contributed by atoms with van der Waals surface area (Å²) in [5, 5.41) is 12.9. The van der Waals surface area contributed by atoms with E-state index in [0.29, 0.717) is 19.6 Å². The van der Waals surface area contributed by atoms with Gasteiger partial charge in [-0.15, -0.1) is 0 Å². The Balaban J connectivity index is 1.47. The third kappa shape index (κ3) is 7.89. The summed E-state index contributed by atoms with van der Waals surface area (Å²) >= 11 is 0. The monoisotopic (exact) mass is 555 g/mol. The van der Waals surface area contributed by atoms with Gasteiger partial charge in [-0.25, -0.2) is 8.78 Å². The Morgan fingerprint density at radius 1 is 1.23 bits per heavy atom. The number of hydrogen-bond acceptors (Lipinski definition) is 8. The highest BCUT2D eigenvalue weighted by Crippen LogP contribution is 2.24. The summed E-state index contributed by atoms with van der Waals surface area (Å²) in [7, 11) is 0. The molecule has 0 radical (unpaired) electrons. The molecule has 9 nitrogen and oxygen atoms in total. The summed E-state index contributed by atoms with van der Waals surface area (Å²) in [5.41, 5.74) is 7.57. The van der Waals surface area contributed by atoms with Crippen molar-refractivity contribution in [1.82, 2.24) is 31.1 Å². The molecule has 4 heterocycles. The fourth-order valence-electron chi connectivity index (χ4n) is 6.64. The van der Waals surface area contributed by atoms with Gasteiger partial charge in [-0.3, -0.25) is 14.6 Å². The number of nitrogens with two attached hydrogens (primary N) is 1. The molecular formula is C28H51F2N7O2. The summed E-state index contributed by atoms with van der Waals surface area (Å²) in [6.07, 6.45) is 2.49. The van der Waals surface area contributed by atoms with Crippen molar-refractivity contribution >= 4 is 5.91 Å². The Hall–Kier alpha value is -1.37. The van der Waals surface area contributed by atoms with Gasteiger partial charge in [-0.2, -0.15) is 0 Å². The molecule has 0 aliphatic carbocycles. The van der Waals surface area contributed by atoms with Crippen LogP contribution in [0, 0.1) is 11.8 Å². The van der Waals surface area contributed by atoms with Gasteiger partial charge < -0.3 is 31.7 Å². The van der Waals surface area contributed by atoms with E-state index >= 15 is 4.39 Å². The van der Waals surface area contributed by atoms with Crippen molar-refractivity contribution in [2.75, 3.05) is 59.0 Å². The van der Waals surface area contributed by atoms with E-state index < -0.39 is 36.5 Å². The van der Waals surface area contributed by atoms with E-state index in [-0.39, 0.29) is 37.0 Å². The zero-order chi connectivity index (χ0) is 27.9. The smallest absolute Gasteiger partial charge is 0.228 e. The standard InChI is InChI=1S/C28H51F2N7O2/c1-4-5-6-18(2)23-8-7-20(29)13-33-19(3)25(27(31)34-23)28(38)35-24-15-32-14-22(30)26(24)37-10-9-36-11-12-39-17-21(36)16-37/h8,18-22,24-27,32-34H,4-7,9-17,31H2,1-3H3,(H,35,38)/b23-8-/t18?,19?,20?,21-,22?,24?,25?,26?,27?/m0/s1. The van der Waals surface area contributed by atoms with Crippen molar-refractivity contribution in [3.8, 4) is 0 Å². The normalized spacial score (nSPS) is 39.5. The summed E-state index contributed by atoms with van der Waals surface area (Å²) in [6.45, 7) is 11.7. The fraction of sp³-hybridized carbons (Fsp3) is 0.893. The van der Waals surface area contributed by atoms with Crippen LogP contribution in [0.15, 0.2) is 11.8 Å². The zero-order valence-corrected chi connectivity index (χ0v) is 24.0. The lowest BCUT2D eigenvalue weighted by molar-refractivity contribution is -0.129. The molecule has 0 spiro atoms. The van der Waals surface area contributed by atoms with Crippen molar-refractivity contribution in [3.63, 3.8) is 0 Å². The topological polar surface area (TPSA) is 107 Å².